The normalized spacial score (nSPS) is 16.7. The van der Waals surface area contributed by atoms with Crippen molar-refractivity contribution in [3.63, 3.8) is 0 Å². The van der Waals surface area contributed by atoms with E-state index in [0.29, 0.717) is 12.3 Å². The Morgan fingerprint density at radius 3 is 2.69 bits per heavy atom. The van der Waals surface area contributed by atoms with Crippen molar-refractivity contribution in [1.29, 1.82) is 5.41 Å². The summed E-state index contributed by atoms with van der Waals surface area (Å²) in [4.78, 5) is 17.9. The fourth-order valence-corrected chi connectivity index (χ4v) is 5.53. The molecule has 0 unspecified atom stereocenters. The van der Waals surface area contributed by atoms with E-state index < -0.39 is 9.84 Å². The van der Waals surface area contributed by atoms with E-state index in [1.165, 1.54) is 27.2 Å². The number of aromatic nitrogens is 3. The van der Waals surface area contributed by atoms with E-state index in [1.54, 1.807) is 30.5 Å². The molecule has 1 fully saturated rings. The van der Waals surface area contributed by atoms with Crippen molar-refractivity contribution in [2.75, 3.05) is 6.61 Å². The highest BCUT2D eigenvalue weighted by Gasteiger charge is 2.26. The summed E-state index contributed by atoms with van der Waals surface area (Å²) in [5, 5.41) is 8.94. The molecule has 8 nitrogen and oxygen atoms in total. The zero-order valence-corrected chi connectivity index (χ0v) is 18.3. The van der Waals surface area contributed by atoms with Gasteiger partial charge in [0.2, 0.25) is 9.84 Å². The van der Waals surface area contributed by atoms with Gasteiger partial charge in [-0.3, -0.25) is 14.6 Å². The van der Waals surface area contributed by atoms with E-state index in [9.17, 15) is 13.2 Å². The zero-order chi connectivity index (χ0) is 22.5. The van der Waals surface area contributed by atoms with Crippen LogP contribution in [0, 0.1) is 12.3 Å². The molecule has 1 aromatic carbocycles. The molecule has 1 aliphatic heterocycles. The van der Waals surface area contributed by atoms with Gasteiger partial charge in [-0.2, -0.15) is 0 Å². The molecule has 0 amide bonds. The van der Waals surface area contributed by atoms with Crippen LogP contribution in [0.5, 0.6) is 0 Å². The SMILES string of the molecule is Cc1ccc2nc3c(cc(S(=O)(=O)c4ccccc4)c(=N)n3C[C@H]3CCCO3)c(=O)n2c1. The molecule has 3 aromatic heterocycles. The molecular weight excluding hydrogens is 428 g/mol. The van der Waals surface area contributed by atoms with E-state index in [2.05, 4.69) is 4.98 Å². The highest BCUT2D eigenvalue weighted by Crippen LogP contribution is 2.22. The fraction of sp³-hybridized carbons (Fsp3) is 0.261. The smallest absolute Gasteiger partial charge is 0.267 e. The second kappa shape index (κ2) is 7.68. The molecule has 0 spiro atoms. The quantitative estimate of drug-likeness (QED) is 0.481. The molecule has 5 rings (SSSR count). The standard InChI is InChI=1S/C23H22N4O4S/c1-15-9-10-20-25-22-18(23(28)26(20)13-15)12-19(32(29,30)17-7-3-2-4-8-17)21(24)27(22)14-16-6-5-11-31-16/h2-4,7-10,12-13,16,24H,5-6,11,14H2,1H3/t16-/m1/s1. The molecule has 4 aromatic rings. The van der Waals surface area contributed by atoms with Gasteiger partial charge in [0, 0.05) is 12.8 Å². The summed E-state index contributed by atoms with van der Waals surface area (Å²) in [7, 11) is -4.02. The lowest BCUT2D eigenvalue weighted by molar-refractivity contribution is 0.0965. The summed E-state index contributed by atoms with van der Waals surface area (Å²) >= 11 is 0. The van der Waals surface area contributed by atoms with E-state index in [0.717, 1.165) is 18.4 Å². The summed E-state index contributed by atoms with van der Waals surface area (Å²) in [6, 6.07) is 12.8. The Hall–Kier alpha value is -3.30. The first-order valence-corrected chi connectivity index (χ1v) is 11.9. The number of sulfone groups is 1. The third-order valence-electron chi connectivity index (χ3n) is 5.77. The van der Waals surface area contributed by atoms with Crippen LogP contribution in [0.3, 0.4) is 0 Å². The lowest BCUT2D eigenvalue weighted by Crippen LogP contribution is -2.33. The number of hydrogen-bond acceptors (Lipinski definition) is 6. The molecule has 0 radical (unpaired) electrons. The molecule has 1 saturated heterocycles. The van der Waals surface area contributed by atoms with Crippen LogP contribution in [0.1, 0.15) is 18.4 Å². The third kappa shape index (κ3) is 3.34. The molecule has 1 atom stereocenters. The van der Waals surface area contributed by atoms with Gasteiger partial charge in [0.1, 0.15) is 21.7 Å². The maximum atomic E-state index is 13.4. The van der Waals surface area contributed by atoms with Crippen LogP contribution in [-0.4, -0.2) is 35.1 Å². The minimum absolute atomic E-state index is 0.0706. The Balaban J connectivity index is 1.86. The second-order valence-corrected chi connectivity index (χ2v) is 9.93. The predicted octanol–water partition coefficient (Wildman–Crippen LogP) is 2.45. The number of benzene rings is 1. The van der Waals surface area contributed by atoms with Crippen LogP contribution in [-0.2, 0) is 21.1 Å². The number of rotatable bonds is 4. The van der Waals surface area contributed by atoms with Gasteiger partial charge in [-0.15, -0.1) is 0 Å². The average molecular weight is 451 g/mol. The van der Waals surface area contributed by atoms with Crippen molar-refractivity contribution in [2.45, 2.75) is 42.2 Å². The first-order valence-electron chi connectivity index (χ1n) is 10.4. The topological polar surface area (TPSA) is 107 Å². The summed E-state index contributed by atoms with van der Waals surface area (Å²) in [5.74, 6) is 0. The Morgan fingerprint density at radius 1 is 1.19 bits per heavy atom. The van der Waals surface area contributed by atoms with Crippen LogP contribution in [0.25, 0.3) is 16.7 Å². The highest BCUT2D eigenvalue weighted by molar-refractivity contribution is 7.91. The summed E-state index contributed by atoms with van der Waals surface area (Å²) in [6.45, 7) is 2.74. The van der Waals surface area contributed by atoms with Gasteiger partial charge in [0.25, 0.3) is 5.56 Å². The molecule has 0 saturated carbocycles. The van der Waals surface area contributed by atoms with E-state index >= 15 is 0 Å². The van der Waals surface area contributed by atoms with Crippen molar-refractivity contribution >= 4 is 26.5 Å². The van der Waals surface area contributed by atoms with Gasteiger partial charge in [-0.05, 0) is 49.6 Å². The van der Waals surface area contributed by atoms with E-state index in [-0.39, 0.29) is 44.5 Å². The molecule has 32 heavy (non-hydrogen) atoms. The van der Waals surface area contributed by atoms with E-state index in [1.807, 2.05) is 13.0 Å². The van der Waals surface area contributed by atoms with Gasteiger partial charge in [-0.25, -0.2) is 13.4 Å². The lowest BCUT2D eigenvalue weighted by atomic mass is 10.2. The largest absolute Gasteiger partial charge is 0.376 e. The Morgan fingerprint density at radius 2 is 1.97 bits per heavy atom. The predicted molar refractivity (Wildman–Crippen MR) is 118 cm³/mol. The summed E-state index contributed by atoms with van der Waals surface area (Å²) in [5.41, 5.74) is 1.01. The third-order valence-corrected chi connectivity index (χ3v) is 7.56. The Labute approximate surface area is 184 Å². The van der Waals surface area contributed by atoms with Gasteiger partial charge >= 0.3 is 0 Å². The molecule has 0 bridgehead atoms. The van der Waals surface area contributed by atoms with Crippen molar-refractivity contribution in [1.82, 2.24) is 14.0 Å². The van der Waals surface area contributed by atoms with Crippen LogP contribution < -0.4 is 11.0 Å². The average Bonchev–Trinajstić information content (AvgIpc) is 3.30. The van der Waals surface area contributed by atoms with Crippen LogP contribution in [0.15, 0.2) is 69.3 Å². The number of aryl methyl sites for hydroxylation is 1. The van der Waals surface area contributed by atoms with Gasteiger partial charge in [0.15, 0.2) is 0 Å². The summed E-state index contributed by atoms with van der Waals surface area (Å²) < 4.78 is 35.5. The number of nitrogens with zero attached hydrogens (tertiary/aromatic N) is 3. The zero-order valence-electron chi connectivity index (χ0n) is 17.5. The highest BCUT2D eigenvalue weighted by atomic mass is 32.2. The van der Waals surface area contributed by atoms with Crippen molar-refractivity contribution in [2.24, 2.45) is 0 Å². The maximum Gasteiger partial charge on any atom is 0.267 e. The fourth-order valence-electron chi connectivity index (χ4n) is 4.12. The molecule has 9 heteroatoms. The second-order valence-electron chi connectivity index (χ2n) is 8.01. The van der Waals surface area contributed by atoms with Gasteiger partial charge < -0.3 is 9.30 Å². The van der Waals surface area contributed by atoms with Crippen LogP contribution in [0.2, 0.25) is 0 Å². The molecular formula is C23H22N4O4S. The first kappa shape index (κ1) is 20.6. The molecule has 0 aliphatic carbocycles. The number of pyridine rings is 2. The number of hydrogen-bond donors (Lipinski definition) is 1. The van der Waals surface area contributed by atoms with Gasteiger partial charge in [0.05, 0.1) is 22.9 Å². The van der Waals surface area contributed by atoms with Crippen LogP contribution in [0.4, 0.5) is 0 Å². The number of fused-ring (bicyclic) bond motifs is 2. The number of ether oxygens (including phenoxy) is 1. The Kier molecular flexibility index (Phi) is 4.94. The van der Waals surface area contributed by atoms with Gasteiger partial charge in [-0.1, -0.05) is 24.3 Å². The van der Waals surface area contributed by atoms with Crippen molar-refractivity contribution in [3.05, 3.63) is 76.1 Å². The first-order chi connectivity index (χ1) is 15.4. The Bertz CT molecular complexity index is 1570. The molecule has 4 heterocycles. The molecule has 164 valence electrons. The van der Waals surface area contributed by atoms with Crippen molar-refractivity contribution < 1.29 is 13.2 Å². The number of nitrogens with one attached hydrogen (secondary N) is 1. The van der Waals surface area contributed by atoms with E-state index in [4.69, 9.17) is 10.1 Å². The summed E-state index contributed by atoms with van der Waals surface area (Å²) in [6.07, 6.45) is 3.21. The monoisotopic (exact) mass is 450 g/mol. The maximum absolute atomic E-state index is 13.4. The minimum atomic E-state index is -4.02. The lowest BCUT2D eigenvalue weighted by Gasteiger charge is -2.18. The van der Waals surface area contributed by atoms with Crippen LogP contribution >= 0.6 is 0 Å². The molecule has 1 aliphatic rings. The molecule has 1 N–H and O–H groups in total. The van der Waals surface area contributed by atoms with Crippen molar-refractivity contribution in [3.8, 4) is 0 Å². The minimum Gasteiger partial charge on any atom is -0.376 e.